The first-order valence-electron chi connectivity index (χ1n) is 3.89. The minimum absolute atomic E-state index is 0.185. The van der Waals surface area contributed by atoms with Crippen LogP contribution in [0.2, 0.25) is 0 Å². The molecule has 14 heavy (non-hydrogen) atoms. The highest BCUT2D eigenvalue weighted by Crippen LogP contribution is 1.90. The number of nitrogens with two attached hydrogens (primary N) is 2. The van der Waals surface area contributed by atoms with Crippen LogP contribution in [0, 0.1) is 0 Å². The number of hydrogen-bond donors (Lipinski definition) is 3. The fourth-order valence-corrected chi connectivity index (χ4v) is 0.621. The highest BCUT2D eigenvalue weighted by molar-refractivity contribution is 6.05. The van der Waals surface area contributed by atoms with Crippen LogP contribution in [0.15, 0.2) is 12.2 Å². The van der Waals surface area contributed by atoms with E-state index in [-0.39, 0.29) is 12.0 Å². The normalized spacial score (nSPS) is 11.6. The molecule has 0 unspecified atom stereocenters. The SMILES string of the molecule is C=C(C)C(=O)NC(=O)[C@@H](N)CC(N)=O. The van der Waals surface area contributed by atoms with Gasteiger partial charge >= 0.3 is 0 Å². The van der Waals surface area contributed by atoms with Gasteiger partial charge in [0, 0.05) is 5.57 Å². The molecule has 0 aliphatic heterocycles. The van der Waals surface area contributed by atoms with Crippen LogP contribution in [-0.2, 0) is 14.4 Å². The molecule has 0 aromatic carbocycles. The van der Waals surface area contributed by atoms with Crippen molar-refractivity contribution in [2.75, 3.05) is 0 Å². The van der Waals surface area contributed by atoms with Gasteiger partial charge in [0.25, 0.3) is 5.91 Å². The number of hydrogen-bond acceptors (Lipinski definition) is 4. The Balaban J connectivity index is 4.14. The third kappa shape index (κ3) is 4.36. The number of primary amides is 1. The second-order valence-electron chi connectivity index (χ2n) is 2.88. The Morgan fingerprint density at radius 3 is 2.29 bits per heavy atom. The van der Waals surface area contributed by atoms with Crippen LogP contribution >= 0.6 is 0 Å². The summed E-state index contributed by atoms with van der Waals surface area (Å²) in [6.45, 7) is 4.78. The molecule has 0 spiro atoms. The van der Waals surface area contributed by atoms with E-state index in [9.17, 15) is 14.4 Å². The topological polar surface area (TPSA) is 115 Å². The van der Waals surface area contributed by atoms with Gasteiger partial charge in [-0.1, -0.05) is 6.58 Å². The van der Waals surface area contributed by atoms with E-state index in [0.717, 1.165) is 0 Å². The lowest BCUT2D eigenvalue weighted by molar-refractivity contribution is -0.131. The average molecular weight is 199 g/mol. The molecule has 0 saturated heterocycles. The predicted octanol–water partition coefficient (Wildman–Crippen LogP) is -1.59. The van der Waals surface area contributed by atoms with E-state index in [1.54, 1.807) is 0 Å². The lowest BCUT2D eigenvalue weighted by atomic mass is 10.2. The summed E-state index contributed by atoms with van der Waals surface area (Å²) >= 11 is 0. The van der Waals surface area contributed by atoms with Crippen molar-refractivity contribution in [2.45, 2.75) is 19.4 Å². The average Bonchev–Trinajstić information content (AvgIpc) is 2.02. The number of amides is 3. The van der Waals surface area contributed by atoms with E-state index in [1.165, 1.54) is 6.92 Å². The van der Waals surface area contributed by atoms with Crippen molar-refractivity contribution in [3.05, 3.63) is 12.2 Å². The molecule has 0 radical (unpaired) electrons. The summed E-state index contributed by atoms with van der Waals surface area (Å²) in [4.78, 5) is 32.4. The van der Waals surface area contributed by atoms with Crippen molar-refractivity contribution in [1.29, 1.82) is 0 Å². The van der Waals surface area contributed by atoms with E-state index in [1.807, 2.05) is 5.32 Å². The first kappa shape index (κ1) is 12.3. The summed E-state index contributed by atoms with van der Waals surface area (Å²) in [5.41, 5.74) is 10.3. The molecule has 6 nitrogen and oxygen atoms in total. The summed E-state index contributed by atoms with van der Waals surface area (Å²) in [5.74, 6) is -2.05. The molecule has 0 aromatic rings. The Morgan fingerprint density at radius 1 is 1.43 bits per heavy atom. The molecule has 78 valence electrons. The van der Waals surface area contributed by atoms with Crippen molar-refractivity contribution >= 4 is 17.7 Å². The minimum atomic E-state index is -1.10. The fraction of sp³-hybridized carbons (Fsp3) is 0.375. The Morgan fingerprint density at radius 2 is 1.93 bits per heavy atom. The molecule has 6 heteroatoms. The number of carbonyl (C=O) groups is 3. The number of imide groups is 1. The van der Waals surface area contributed by atoms with Gasteiger partial charge in [0.15, 0.2) is 0 Å². The third-order valence-corrected chi connectivity index (χ3v) is 1.38. The Kier molecular flexibility index (Phi) is 4.51. The second kappa shape index (κ2) is 5.13. The quantitative estimate of drug-likeness (QED) is 0.473. The van der Waals surface area contributed by atoms with Gasteiger partial charge in [0.05, 0.1) is 12.5 Å². The first-order valence-corrected chi connectivity index (χ1v) is 3.89. The lowest BCUT2D eigenvalue weighted by Crippen LogP contribution is -2.45. The van der Waals surface area contributed by atoms with Gasteiger partial charge < -0.3 is 11.5 Å². The molecule has 0 fully saturated rings. The van der Waals surface area contributed by atoms with Gasteiger partial charge in [-0.15, -0.1) is 0 Å². The zero-order valence-electron chi connectivity index (χ0n) is 7.87. The van der Waals surface area contributed by atoms with E-state index in [2.05, 4.69) is 6.58 Å². The van der Waals surface area contributed by atoms with Crippen molar-refractivity contribution < 1.29 is 14.4 Å². The molecule has 0 bridgehead atoms. The molecule has 5 N–H and O–H groups in total. The standard InChI is InChI=1S/C8H13N3O3/c1-4(2)7(13)11-8(14)5(9)3-6(10)12/h5H,1,3,9H2,2H3,(H2,10,12)(H,11,13,14)/t5-/m0/s1. The highest BCUT2D eigenvalue weighted by atomic mass is 16.2. The summed E-state index contributed by atoms with van der Waals surface area (Å²) in [7, 11) is 0. The molecule has 3 amide bonds. The maximum atomic E-state index is 11.1. The highest BCUT2D eigenvalue weighted by Gasteiger charge is 2.18. The Labute approximate surface area is 81.3 Å². The van der Waals surface area contributed by atoms with Gasteiger partial charge in [-0.05, 0) is 6.92 Å². The summed E-state index contributed by atoms with van der Waals surface area (Å²) < 4.78 is 0. The summed E-state index contributed by atoms with van der Waals surface area (Å²) in [6.07, 6.45) is -0.296. The maximum absolute atomic E-state index is 11.1. The van der Waals surface area contributed by atoms with Crippen LogP contribution in [0.4, 0.5) is 0 Å². The molecule has 1 atom stereocenters. The van der Waals surface area contributed by atoms with Crippen LogP contribution in [0.1, 0.15) is 13.3 Å². The molecule has 0 aliphatic carbocycles. The Bertz CT molecular complexity index is 286. The molecule has 0 saturated carbocycles. The van der Waals surface area contributed by atoms with Crippen LogP contribution < -0.4 is 16.8 Å². The van der Waals surface area contributed by atoms with E-state index < -0.39 is 23.8 Å². The van der Waals surface area contributed by atoms with Crippen molar-refractivity contribution in [3.8, 4) is 0 Å². The molecule has 0 heterocycles. The van der Waals surface area contributed by atoms with Crippen molar-refractivity contribution in [3.63, 3.8) is 0 Å². The molecule has 0 aromatic heterocycles. The van der Waals surface area contributed by atoms with Gasteiger partial charge in [-0.2, -0.15) is 0 Å². The molecule has 0 aliphatic rings. The smallest absolute Gasteiger partial charge is 0.252 e. The minimum Gasteiger partial charge on any atom is -0.370 e. The van der Waals surface area contributed by atoms with Crippen LogP contribution in [-0.4, -0.2) is 23.8 Å². The van der Waals surface area contributed by atoms with Gasteiger partial charge in [-0.25, -0.2) is 0 Å². The molecule has 0 rings (SSSR count). The third-order valence-electron chi connectivity index (χ3n) is 1.38. The molecular formula is C8H13N3O3. The maximum Gasteiger partial charge on any atom is 0.252 e. The monoisotopic (exact) mass is 199 g/mol. The van der Waals surface area contributed by atoms with E-state index in [4.69, 9.17) is 11.5 Å². The van der Waals surface area contributed by atoms with Crippen LogP contribution in [0.5, 0.6) is 0 Å². The van der Waals surface area contributed by atoms with Gasteiger partial charge in [0.2, 0.25) is 11.8 Å². The number of nitrogens with one attached hydrogen (secondary N) is 1. The predicted molar refractivity (Wildman–Crippen MR) is 49.8 cm³/mol. The number of rotatable bonds is 4. The summed E-state index contributed by atoms with van der Waals surface area (Å²) in [5, 5.41) is 1.97. The van der Waals surface area contributed by atoms with E-state index in [0.29, 0.717) is 0 Å². The first-order chi connectivity index (χ1) is 6.34. The van der Waals surface area contributed by atoms with Crippen LogP contribution in [0.25, 0.3) is 0 Å². The zero-order valence-corrected chi connectivity index (χ0v) is 7.87. The Hall–Kier alpha value is -1.69. The van der Waals surface area contributed by atoms with Crippen molar-refractivity contribution in [2.24, 2.45) is 11.5 Å². The van der Waals surface area contributed by atoms with Gasteiger partial charge in [0.1, 0.15) is 0 Å². The van der Waals surface area contributed by atoms with Crippen LogP contribution in [0.3, 0.4) is 0 Å². The molecular weight excluding hydrogens is 186 g/mol. The summed E-state index contributed by atoms with van der Waals surface area (Å²) in [6, 6.07) is -1.10. The second-order valence-corrected chi connectivity index (χ2v) is 2.88. The number of carbonyl (C=O) groups excluding carboxylic acids is 3. The largest absolute Gasteiger partial charge is 0.370 e. The lowest BCUT2D eigenvalue weighted by Gasteiger charge is -2.08. The van der Waals surface area contributed by atoms with Crippen molar-refractivity contribution in [1.82, 2.24) is 5.32 Å². The fourth-order valence-electron chi connectivity index (χ4n) is 0.621. The zero-order chi connectivity index (χ0) is 11.3. The van der Waals surface area contributed by atoms with E-state index >= 15 is 0 Å². The van der Waals surface area contributed by atoms with Gasteiger partial charge in [-0.3, -0.25) is 19.7 Å².